The first kappa shape index (κ1) is 25.6. The van der Waals surface area contributed by atoms with Gasteiger partial charge in [-0.25, -0.2) is 10.0 Å². The number of aliphatic hydroxyl groups excluding tert-OH is 1. The lowest BCUT2D eigenvalue weighted by molar-refractivity contribution is -0.596. The fourth-order valence-electron chi connectivity index (χ4n) is 3.67. The summed E-state index contributed by atoms with van der Waals surface area (Å²) in [7, 11) is 1.00. The van der Waals surface area contributed by atoms with Crippen molar-refractivity contribution < 1.29 is 34.3 Å². The van der Waals surface area contributed by atoms with E-state index in [0.717, 1.165) is 18.4 Å². The van der Waals surface area contributed by atoms with Crippen molar-refractivity contribution in [1.29, 1.82) is 0 Å². The lowest BCUT2D eigenvalue weighted by atomic mass is 10.1. The van der Waals surface area contributed by atoms with Gasteiger partial charge in [-0.05, 0) is 19.1 Å². The molecule has 0 saturated carbocycles. The number of H-pyrrole nitrogens is 1. The van der Waals surface area contributed by atoms with E-state index in [-0.39, 0.29) is 18.7 Å². The molecule has 2 unspecified atom stereocenters. The number of aromatic hydroxyl groups is 2. The van der Waals surface area contributed by atoms with Gasteiger partial charge >= 0.3 is 0 Å². The lowest BCUT2D eigenvalue weighted by Crippen LogP contribution is -2.46. The normalized spacial score (nSPS) is 17.1. The predicted molar refractivity (Wildman–Crippen MR) is 123 cm³/mol. The molecule has 4 rings (SSSR count). The van der Waals surface area contributed by atoms with Gasteiger partial charge in [0.25, 0.3) is 11.8 Å². The molecule has 0 spiro atoms. The second-order valence-electron chi connectivity index (χ2n) is 7.68. The van der Waals surface area contributed by atoms with Gasteiger partial charge in [0.1, 0.15) is 12.1 Å². The molecule has 35 heavy (non-hydrogen) atoms. The van der Waals surface area contributed by atoms with Crippen molar-refractivity contribution >= 4 is 11.8 Å². The summed E-state index contributed by atoms with van der Waals surface area (Å²) in [6.07, 6.45) is 6.49. The molecular weight excluding hydrogens is 456 g/mol. The number of nitrogens with one attached hydrogen (secondary N) is 2. The number of phenols is 2. The predicted octanol–water partition coefficient (Wildman–Crippen LogP) is -0.332. The molecule has 1 aliphatic rings. The minimum atomic E-state index is -0.964. The monoisotopic (exact) mass is 485 g/mol. The Labute approximate surface area is 201 Å². The number of nitrogens with two attached hydrogens (primary N) is 1. The zero-order valence-electron chi connectivity index (χ0n) is 19.4. The molecule has 12 nitrogen and oxygen atoms in total. The average molecular weight is 486 g/mol. The number of benzene rings is 1. The second kappa shape index (κ2) is 11.4. The molecule has 0 radical (unpaired) electrons. The Hall–Kier alpha value is -4.00. The summed E-state index contributed by atoms with van der Waals surface area (Å²) in [6.45, 7) is 2.23. The van der Waals surface area contributed by atoms with E-state index in [0.29, 0.717) is 12.1 Å². The number of aliphatic hydroxyl groups is 1. The van der Waals surface area contributed by atoms with E-state index >= 15 is 0 Å². The molecule has 3 heterocycles. The van der Waals surface area contributed by atoms with Gasteiger partial charge in [-0.15, -0.1) is 0 Å². The molecule has 2 atom stereocenters. The fourth-order valence-corrected chi connectivity index (χ4v) is 3.67. The minimum Gasteiger partial charge on any atom is -0.504 e. The van der Waals surface area contributed by atoms with Crippen LogP contribution in [0.3, 0.4) is 0 Å². The third-order valence-corrected chi connectivity index (χ3v) is 5.44. The second-order valence-corrected chi connectivity index (χ2v) is 7.68. The van der Waals surface area contributed by atoms with Gasteiger partial charge in [0.05, 0.1) is 12.9 Å². The van der Waals surface area contributed by atoms with E-state index in [1.165, 1.54) is 17.2 Å². The van der Waals surface area contributed by atoms with Crippen LogP contribution in [-0.4, -0.2) is 68.0 Å². The van der Waals surface area contributed by atoms with Gasteiger partial charge in [0.2, 0.25) is 5.69 Å². The molecular formula is C23H29N6O6+. The molecule has 1 saturated heterocycles. The van der Waals surface area contributed by atoms with E-state index in [2.05, 4.69) is 15.3 Å². The Bertz CT molecular complexity index is 1170. The highest BCUT2D eigenvalue weighted by molar-refractivity contribution is 6.02. The van der Waals surface area contributed by atoms with Crippen molar-refractivity contribution in [3.8, 4) is 17.2 Å². The Morgan fingerprint density at radius 3 is 2.77 bits per heavy atom. The molecule has 0 bridgehead atoms. The van der Waals surface area contributed by atoms with Crippen molar-refractivity contribution in [3.63, 3.8) is 0 Å². The number of hydroxylamine groups is 2. The third-order valence-electron chi connectivity index (χ3n) is 5.44. The minimum absolute atomic E-state index is 0.176. The largest absolute Gasteiger partial charge is 0.504 e. The van der Waals surface area contributed by atoms with Crippen molar-refractivity contribution in [2.45, 2.75) is 32.0 Å². The highest BCUT2D eigenvalue weighted by Crippen LogP contribution is 2.32. The molecule has 2 aromatic heterocycles. The smallest absolute Gasteiger partial charge is 0.271 e. The van der Waals surface area contributed by atoms with E-state index < -0.39 is 35.5 Å². The van der Waals surface area contributed by atoms with E-state index in [1.54, 1.807) is 42.5 Å². The maximum Gasteiger partial charge on any atom is 0.271 e. The number of phenolic OH excluding ortho intramolecular Hbond substituents is 2. The highest BCUT2D eigenvalue weighted by atomic mass is 16.7. The van der Waals surface area contributed by atoms with Crippen LogP contribution in [-0.2, 0) is 22.6 Å². The number of nitrogens with zero attached hydrogens (tertiary/aromatic N) is 3. The number of hydrogen-bond donors (Lipinski definition) is 6. The van der Waals surface area contributed by atoms with Crippen molar-refractivity contribution in [1.82, 2.24) is 20.3 Å². The van der Waals surface area contributed by atoms with Crippen LogP contribution in [0.25, 0.3) is 5.69 Å². The summed E-state index contributed by atoms with van der Waals surface area (Å²) in [6, 6.07) is 5.39. The molecule has 0 aliphatic carbocycles. The van der Waals surface area contributed by atoms with Crippen molar-refractivity contribution in [3.05, 3.63) is 66.0 Å². The number of hydrogen-bond acceptors (Lipinski definition) is 8. The number of carbonyl (C=O) groups is 2. The van der Waals surface area contributed by atoms with Crippen LogP contribution in [0.4, 0.5) is 0 Å². The Morgan fingerprint density at radius 2 is 2.09 bits per heavy atom. The zero-order valence-corrected chi connectivity index (χ0v) is 19.4. The van der Waals surface area contributed by atoms with Gasteiger partial charge in [-0.2, -0.15) is 4.57 Å². The number of rotatable bonds is 7. The number of aromatic amines is 1. The summed E-state index contributed by atoms with van der Waals surface area (Å²) in [5.74, 6) is -2.18. The summed E-state index contributed by atoms with van der Waals surface area (Å²) in [5, 5.41) is 31.4. The fraction of sp³-hybridized carbons (Fsp3) is 0.304. The molecule has 186 valence electrons. The first-order valence-electron chi connectivity index (χ1n) is 10.9. The summed E-state index contributed by atoms with van der Waals surface area (Å²) >= 11 is 0. The zero-order chi connectivity index (χ0) is 25.5. The molecule has 7 N–H and O–H groups in total. The maximum absolute atomic E-state index is 13.2. The number of imidazole rings is 1. The van der Waals surface area contributed by atoms with Crippen LogP contribution >= 0.6 is 0 Å². The first-order chi connectivity index (χ1) is 16.9. The van der Waals surface area contributed by atoms with E-state index in [9.17, 15) is 19.8 Å². The first-order valence-corrected chi connectivity index (χ1v) is 10.9. The standard InChI is InChI=1S/C22H24N6O5.CH4O/c1-13-19(22(32)28(33-13)8-6-15-10-24-12-25-15)26-21(31)18-16(4-5-17(29)20(18)30)27-7-2-3-14(9-23)11-27;1-2/h2-5,7,10-13,19H,6,8-9,23H2,1H3,(H3-,24,25,26,29,30,31);2H,1H3/p+1. The van der Waals surface area contributed by atoms with Crippen molar-refractivity contribution in [2.24, 2.45) is 5.73 Å². The maximum atomic E-state index is 13.2. The molecule has 12 heteroatoms. The molecule has 3 aromatic rings. The molecule has 2 amide bonds. The Morgan fingerprint density at radius 1 is 1.31 bits per heavy atom. The van der Waals surface area contributed by atoms with E-state index in [1.807, 2.05) is 6.07 Å². The molecule has 1 fully saturated rings. The average Bonchev–Trinajstić information content (AvgIpc) is 3.49. The molecule has 1 aromatic carbocycles. The summed E-state index contributed by atoms with van der Waals surface area (Å²) in [4.78, 5) is 38.6. The Kier molecular flexibility index (Phi) is 8.36. The van der Waals surface area contributed by atoms with E-state index in [4.69, 9.17) is 15.7 Å². The van der Waals surface area contributed by atoms with Crippen molar-refractivity contribution in [2.75, 3.05) is 13.7 Å². The van der Waals surface area contributed by atoms with Crippen LogP contribution in [0.15, 0.2) is 49.2 Å². The van der Waals surface area contributed by atoms with Gasteiger partial charge in [0, 0.05) is 49.7 Å². The third kappa shape index (κ3) is 5.57. The molecule has 1 aliphatic heterocycles. The van der Waals surface area contributed by atoms with Crippen LogP contribution in [0, 0.1) is 0 Å². The highest BCUT2D eigenvalue weighted by Gasteiger charge is 2.41. The Balaban J connectivity index is 0.00000167. The summed E-state index contributed by atoms with van der Waals surface area (Å²) < 4.78 is 1.61. The topological polar surface area (TPSA) is 178 Å². The van der Waals surface area contributed by atoms with Crippen LogP contribution in [0.2, 0.25) is 0 Å². The van der Waals surface area contributed by atoms with Crippen LogP contribution < -0.4 is 15.6 Å². The van der Waals surface area contributed by atoms with Gasteiger partial charge in [-0.1, -0.05) is 0 Å². The number of aromatic nitrogens is 3. The van der Waals surface area contributed by atoms with Gasteiger partial charge in [-0.3, -0.25) is 14.4 Å². The number of pyridine rings is 1. The van der Waals surface area contributed by atoms with Crippen LogP contribution in [0.5, 0.6) is 11.5 Å². The quantitative estimate of drug-likeness (QED) is 0.194. The van der Waals surface area contributed by atoms with Gasteiger partial charge < -0.3 is 31.4 Å². The number of amides is 2. The van der Waals surface area contributed by atoms with Gasteiger partial charge in [0.15, 0.2) is 29.5 Å². The summed E-state index contributed by atoms with van der Waals surface area (Å²) in [5.41, 5.74) is 7.50. The lowest BCUT2D eigenvalue weighted by Gasteiger charge is -2.15. The van der Waals surface area contributed by atoms with Crippen LogP contribution in [0.1, 0.15) is 28.5 Å². The number of carbonyl (C=O) groups excluding carboxylic acids is 2. The SMILES string of the molecule is CC1ON(CCc2cnc[nH]2)C(=O)C1NC(=O)c1c(-[n+]2cccc(CN)c2)ccc(O)c1O.CO.